The van der Waals surface area contributed by atoms with Gasteiger partial charge in [-0.3, -0.25) is 0 Å². The molecule has 0 spiro atoms. The average molecular weight is 204 g/mol. The average Bonchev–Trinajstić information content (AvgIpc) is 2.65. The molecule has 1 fully saturated rings. The molecule has 0 N–H and O–H groups in total. The Morgan fingerprint density at radius 1 is 1.13 bits per heavy atom. The van der Waals surface area contributed by atoms with Crippen LogP contribution >= 0.6 is 0 Å². The Kier molecular flexibility index (Phi) is 2.79. The molecule has 0 unspecified atom stereocenters. The summed E-state index contributed by atoms with van der Waals surface area (Å²) in [5, 5.41) is 0. The molecule has 0 heteroatoms. The lowest BCUT2D eigenvalue weighted by Crippen LogP contribution is -1.90. The fourth-order valence-electron chi connectivity index (χ4n) is 3.09. The van der Waals surface area contributed by atoms with E-state index in [9.17, 15) is 0 Å². The molecule has 0 saturated heterocycles. The highest BCUT2D eigenvalue weighted by Gasteiger charge is 2.55. The first-order valence-corrected chi connectivity index (χ1v) is 6.34. The summed E-state index contributed by atoms with van der Waals surface area (Å²) < 4.78 is 0. The summed E-state index contributed by atoms with van der Waals surface area (Å²) >= 11 is 0. The highest BCUT2D eigenvalue weighted by atomic mass is 14.6. The number of fused-ring (bicyclic) bond motifs is 1. The third kappa shape index (κ3) is 2.19. The Labute approximate surface area is 94.5 Å². The molecule has 2 rings (SSSR count). The zero-order valence-electron chi connectivity index (χ0n) is 10.6. The monoisotopic (exact) mass is 204 g/mol. The van der Waals surface area contributed by atoms with Crippen LogP contribution in [-0.2, 0) is 0 Å². The van der Waals surface area contributed by atoms with Crippen LogP contribution in [0.1, 0.15) is 53.4 Å². The minimum Gasteiger partial charge on any atom is -0.0853 e. The van der Waals surface area contributed by atoms with Gasteiger partial charge in [0.05, 0.1) is 0 Å². The van der Waals surface area contributed by atoms with Gasteiger partial charge in [0.1, 0.15) is 0 Å². The van der Waals surface area contributed by atoms with Crippen LogP contribution in [-0.4, -0.2) is 0 Å². The zero-order chi connectivity index (χ0) is 11.1. The third-order valence-corrected chi connectivity index (χ3v) is 4.48. The van der Waals surface area contributed by atoms with Crippen LogP contribution in [0, 0.1) is 17.3 Å². The molecule has 15 heavy (non-hydrogen) atoms. The van der Waals surface area contributed by atoms with E-state index in [1.54, 1.807) is 11.1 Å². The van der Waals surface area contributed by atoms with Gasteiger partial charge >= 0.3 is 0 Å². The van der Waals surface area contributed by atoms with Gasteiger partial charge in [0.25, 0.3) is 0 Å². The molecule has 2 aliphatic carbocycles. The van der Waals surface area contributed by atoms with Crippen molar-refractivity contribution in [2.45, 2.75) is 53.4 Å². The first kappa shape index (κ1) is 11.0. The van der Waals surface area contributed by atoms with Crippen molar-refractivity contribution in [3.63, 3.8) is 0 Å². The molecule has 0 aliphatic heterocycles. The van der Waals surface area contributed by atoms with E-state index in [1.165, 1.54) is 25.7 Å². The van der Waals surface area contributed by atoms with Crippen molar-refractivity contribution in [2.75, 3.05) is 0 Å². The van der Waals surface area contributed by atoms with Gasteiger partial charge < -0.3 is 0 Å². The van der Waals surface area contributed by atoms with Gasteiger partial charge in [-0.1, -0.05) is 37.1 Å². The van der Waals surface area contributed by atoms with Crippen molar-refractivity contribution in [3.05, 3.63) is 23.3 Å². The highest BCUT2D eigenvalue weighted by Crippen LogP contribution is 2.61. The second-order valence-electron chi connectivity index (χ2n) is 6.09. The maximum atomic E-state index is 2.55. The van der Waals surface area contributed by atoms with Gasteiger partial charge in [-0.2, -0.15) is 0 Å². The summed E-state index contributed by atoms with van der Waals surface area (Å²) in [5.74, 6) is 1.80. The van der Waals surface area contributed by atoms with Gasteiger partial charge in [-0.25, -0.2) is 0 Å². The summed E-state index contributed by atoms with van der Waals surface area (Å²) in [6, 6.07) is 0. The summed E-state index contributed by atoms with van der Waals surface area (Å²) in [6.07, 6.45) is 10.2. The molecule has 0 radical (unpaired) electrons. The first-order valence-electron chi connectivity index (χ1n) is 6.34. The largest absolute Gasteiger partial charge is 0.0853 e. The number of hydrogen-bond acceptors (Lipinski definition) is 0. The molecule has 2 atom stereocenters. The standard InChI is InChI=1S/C15H24/c1-11-6-5-7-12(2)10-14-13(9-8-11)15(14,3)4/h6,10,13-14H,5,7-9H2,1-4H3/b11-6+,12-10+/t13-,14-/m0/s1. The number of rotatable bonds is 0. The molecular formula is C15H24. The Morgan fingerprint density at radius 3 is 2.60 bits per heavy atom. The minimum atomic E-state index is 0.575. The quantitative estimate of drug-likeness (QED) is 0.501. The predicted octanol–water partition coefficient (Wildman–Crippen LogP) is 4.73. The van der Waals surface area contributed by atoms with Gasteiger partial charge in [0.2, 0.25) is 0 Å². The van der Waals surface area contributed by atoms with E-state index < -0.39 is 0 Å². The first-order chi connectivity index (χ1) is 7.01. The molecule has 0 amide bonds. The Balaban J connectivity index is 2.13. The molecule has 2 aliphatic rings. The molecule has 0 bridgehead atoms. The Hall–Kier alpha value is -0.520. The van der Waals surface area contributed by atoms with Gasteiger partial charge in [0, 0.05) is 0 Å². The van der Waals surface area contributed by atoms with Gasteiger partial charge in [0.15, 0.2) is 0 Å². The second kappa shape index (κ2) is 3.81. The Bertz CT molecular complexity index is 304. The fraction of sp³-hybridized carbons (Fsp3) is 0.733. The third-order valence-electron chi connectivity index (χ3n) is 4.48. The van der Waals surface area contributed by atoms with Crippen LogP contribution < -0.4 is 0 Å². The van der Waals surface area contributed by atoms with Crippen LogP contribution in [0.4, 0.5) is 0 Å². The summed E-state index contributed by atoms with van der Waals surface area (Å²) in [7, 11) is 0. The molecule has 1 saturated carbocycles. The molecule has 0 aromatic carbocycles. The number of hydrogen-bond donors (Lipinski definition) is 0. The van der Waals surface area contributed by atoms with E-state index in [4.69, 9.17) is 0 Å². The van der Waals surface area contributed by atoms with E-state index in [-0.39, 0.29) is 0 Å². The lowest BCUT2D eigenvalue weighted by Gasteiger charge is -2.05. The predicted molar refractivity (Wildman–Crippen MR) is 66.7 cm³/mol. The van der Waals surface area contributed by atoms with Crippen molar-refractivity contribution < 1.29 is 0 Å². The fourth-order valence-corrected chi connectivity index (χ4v) is 3.09. The van der Waals surface area contributed by atoms with Gasteiger partial charge in [-0.05, 0) is 56.8 Å². The lowest BCUT2D eigenvalue weighted by molar-refractivity contribution is 0.528. The molecule has 0 nitrogen and oxygen atoms in total. The topological polar surface area (TPSA) is 0 Å². The molecular weight excluding hydrogens is 180 g/mol. The van der Waals surface area contributed by atoms with Crippen molar-refractivity contribution in [2.24, 2.45) is 17.3 Å². The Morgan fingerprint density at radius 2 is 1.87 bits per heavy atom. The van der Waals surface area contributed by atoms with E-state index in [1.807, 2.05) is 0 Å². The van der Waals surface area contributed by atoms with E-state index in [0.29, 0.717) is 5.41 Å². The molecule has 0 heterocycles. The maximum absolute atomic E-state index is 2.55. The highest BCUT2D eigenvalue weighted by molar-refractivity contribution is 5.19. The zero-order valence-corrected chi connectivity index (χ0v) is 10.6. The summed E-state index contributed by atoms with van der Waals surface area (Å²) in [6.45, 7) is 9.47. The SMILES string of the molecule is C/C1=C\[C@H]2[C@H](CC/C(C)=C/CC1)C2(C)C. The maximum Gasteiger partial charge on any atom is -0.0143 e. The molecule has 0 aromatic heterocycles. The minimum absolute atomic E-state index is 0.575. The van der Waals surface area contributed by atoms with Crippen LogP contribution in [0.25, 0.3) is 0 Å². The lowest BCUT2D eigenvalue weighted by atomic mass is 10.0. The van der Waals surface area contributed by atoms with Crippen molar-refractivity contribution in [1.82, 2.24) is 0 Å². The van der Waals surface area contributed by atoms with Crippen LogP contribution in [0.3, 0.4) is 0 Å². The van der Waals surface area contributed by atoms with Crippen LogP contribution in [0.15, 0.2) is 23.3 Å². The summed E-state index contributed by atoms with van der Waals surface area (Å²) in [5.41, 5.74) is 3.78. The molecule has 84 valence electrons. The summed E-state index contributed by atoms with van der Waals surface area (Å²) in [4.78, 5) is 0. The smallest absolute Gasteiger partial charge is 0.0143 e. The van der Waals surface area contributed by atoms with Crippen LogP contribution in [0.2, 0.25) is 0 Å². The molecule has 0 aromatic rings. The van der Waals surface area contributed by atoms with Crippen molar-refractivity contribution >= 4 is 0 Å². The normalized spacial score (nSPS) is 41.9. The second-order valence-corrected chi connectivity index (χ2v) is 6.09. The van der Waals surface area contributed by atoms with Gasteiger partial charge in [-0.15, -0.1) is 0 Å². The van der Waals surface area contributed by atoms with E-state index >= 15 is 0 Å². The van der Waals surface area contributed by atoms with Crippen molar-refractivity contribution in [1.29, 1.82) is 0 Å². The van der Waals surface area contributed by atoms with Crippen LogP contribution in [0.5, 0.6) is 0 Å². The number of allylic oxidation sites excluding steroid dienone is 4. The van der Waals surface area contributed by atoms with E-state index in [2.05, 4.69) is 39.8 Å². The van der Waals surface area contributed by atoms with Crippen molar-refractivity contribution in [3.8, 4) is 0 Å². The van der Waals surface area contributed by atoms with E-state index in [0.717, 1.165) is 11.8 Å².